The van der Waals surface area contributed by atoms with E-state index in [0.29, 0.717) is 12.5 Å². The highest BCUT2D eigenvalue weighted by molar-refractivity contribution is 5.84. The first-order chi connectivity index (χ1) is 9.04. The molecule has 0 aliphatic carbocycles. The average molecular weight is 270 g/mol. The van der Waals surface area contributed by atoms with Crippen LogP contribution in [-0.4, -0.2) is 37.6 Å². The zero-order valence-electron chi connectivity index (χ0n) is 12.2. The topological polar surface area (TPSA) is 67.4 Å². The van der Waals surface area contributed by atoms with Gasteiger partial charge in [-0.3, -0.25) is 4.79 Å². The van der Waals surface area contributed by atoms with E-state index < -0.39 is 6.04 Å². The Bertz CT molecular complexity index is 299. The molecule has 0 aromatic carbocycles. The number of esters is 1. The Labute approximate surface area is 115 Å². The lowest BCUT2D eigenvalue weighted by Gasteiger charge is -2.24. The summed E-state index contributed by atoms with van der Waals surface area (Å²) in [6.07, 6.45) is 4.88. The van der Waals surface area contributed by atoms with E-state index in [0.717, 1.165) is 19.4 Å². The highest BCUT2D eigenvalue weighted by Gasteiger charge is 2.25. The molecule has 0 radical (unpaired) electrons. The molecule has 1 aliphatic heterocycles. The molecule has 1 saturated heterocycles. The molecule has 1 aliphatic rings. The van der Waals surface area contributed by atoms with Gasteiger partial charge in [0.1, 0.15) is 6.04 Å². The zero-order chi connectivity index (χ0) is 14.3. The Morgan fingerprint density at radius 3 is 2.63 bits per heavy atom. The molecular formula is C14H26N2O3. The summed E-state index contributed by atoms with van der Waals surface area (Å²) in [6, 6.07) is -0.105. The fourth-order valence-electron chi connectivity index (χ4n) is 2.35. The molecule has 5 nitrogen and oxygen atoms in total. The van der Waals surface area contributed by atoms with Crippen LogP contribution in [0.2, 0.25) is 0 Å². The molecule has 2 N–H and O–H groups in total. The molecule has 1 fully saturated rings. The van der Waals surface area contributed by atoms with E-state index >= 15 is 0 Å². The van der Waals surface area contributed by atoms with Gasteiger partial charge in [-0.2, -0.15) is 0 Å². The Morgan fingerprint density at radius 2 is 2.11 bits per heavy atom. The molecule has 0 aromatic rings. The van der Waals surface area contributed by atoms with Gasteiger partial charge in [0, 0.05) is 12.5 Å². The van der Waals surface area contributed by atoms with Gasteiger partial charge in [-0.05, 0) is 31.7 Å². The van der Waals surface area contributed by atoms with Gasteiger partial charge in [0.2, 0.25) is 5.91 Å². The maximum Gasteiger partial charge on any atom is 0.328 e. The van der Waals surface area contributed by atoms with Crippen LogP contribution in [0.1, 0.15) is 46.0 Å². The van der Waals surface area contributed by atoms with Crippen molar-refractivity contribution in [2.45, 2.75) is 58.0 Å². The second kappa shape index (κ2) is 8.15. The van der Waals surface area contributed by atoms with Crippen molar-refractivity contribution >= 4 is 11.9 Å². The van der Waals surface area contributed by atoms with Gasteiger partial charge >= 0.3 is 5.97 Å². The average Bonchev–Trinajstić information content (AvgIpc) is 2.42. The summed E-state index contributed by atoms with van der Waals surface area (Å²) in [6.45, 7) is 4.83. The normalized spacial score (nSPS) is 20.9. The first kappa shape index (κ1) is 16.0. The standard InChI is InChI=1S/C14H26N2O3/c1-10(2)13(14(18)19-3)16-12(17)8-7-11-6-4-5-9-15-11/h10-11,13,15H,4-9H2,1-3H3,(H,16,17)/t11?,13-/m0/s1. The van der Waals surface area contributed by atoms with Crippen molar-refractivity contribution in [3.05, 3.63) is 0 Å². The summed E-state index contributed by atoms with van der Waals surface area (Å²) >= 11 is 0. The smallest absolute Gasteiger partial charge is 0.328 e. The van der Waals surface area contributed by atoms with Gasteiger partial charge in [-0.1, -0.05) is 20.3 Å². The van der Waals surface area contributed by atoms with Crippen molar-refractivity contribution in [2.75, 3.05) is 13.7 Å². The van der Waals surface area contributed by atoms with Gasteiger partial charge in [0.15, 0.2) is 0 Å². The van der Waals surface area contributed by atoms with Crippen LogP contribution < -0.4 is 10.6 Å². The lowest BCUT2D eigenvalue weighted by Crippen LogP contribution is -2.45. The van der Waals surface area contributed by atoms with E-state index in [1.165, 1.54) is 20.0 Å². The SMILES string of the molecule is COC(=O)[C@@H](NC(=O)CCC1CCCCN1)C(C)C. The van der Waals surface area contributed by atoms with E-state index in [2.05, 4.69) is 10.6 Å². The monoisotopic (exact) mass is 270 g/mol. The summed E-state index contributed by atoms with van der Waals surface area (Å²) in [5, 5.41) is 6.18. The Morgan fingerprint density at radius 1 is 1.37 bits per heavy atom. The molecule has 0 saturated carbocycles. The minimum absolute atomic E-state index is 0.0317. The first-order valence-electron chi connectivity index (χ1n) is 7.15. The molecule has 2 atom stereocenters. The molecular weight excluding hydrogens is 244 g/mol. The van der Waals surface area contributed by atoms with Crippen molar-refractivity contribution in [3.8, 4) is 0 Å². The van der Waals surface area contributed by atoms with E-state index in [1.54, 1.807) is 0 Å². The number of ether oxygens (including phenoxy) is 1. The fourth-order valence-corrected chi connectivity index (χ4v) is 2.35. The summed E-state index contributed by atoms with van der Waals surface area (Å²) in [4.78, 5) is 23.4. The van der Waals surface area contributed by atoms with Crippen molar-refractivity contribution in [2.24, 2.45) is 5.92 Å². The number of hydrogen-bond donors (Lipinski definition) is 2. The van der Waals surface area contributed by atoms with Crippen LogP contribution in [0.15, 0.2) is 0 Å². The van der Waals surface area contributed by atoms with Crippen LogP contribution in [-0.2, 0) is 14.3 Å². The largest absolute Gasteiger partial charge is 0.467 e. The van der Waals surface area contributed by atoms with Gasteiger partial charge in [-0.15, -0.1) is 0 Å². The van der Waals surface area contributed by atoms with E-state index in [1.807, 2.05) is 13.8 Å². The fraction of sp³-hybridized carbons (Fsp3) is 0.857. The molecule has 19 heavy (non-hydrogen) atoms. The summed E-state index contributed by atoms with van der Waals surface area (Å²) < 4.78 is 4.70. The summed E-state index contributed by atoms with van der Waals surface area (Å²) in [5.41, 5.74) is 0. The van der Waals surface area contributed by atoms with Gasteiger partial charge in [-0.25, -0.2) is 4.79 Å². The van der Waals surface area contributed by atoms with E-state index in [4.69, 9.17) is 4.74 Å². The molecule has 1 amide bonds. The van der Waals surface area contributed by atoms with Crippen LogP contribution in [0, 0.1) is 5.92 Å². The molecule has 0 aromatic heterocycles. The third kappa shape index (κ3) is 5.59. The minimum Gasteiger partial charge on any atom is -0.467 e. The summed E-state index contributed by atoms with van der Waals surface area (Å²) in [5.74, 6) is -0.417. The Balaban J connectivity index is 2.33. The van der Waals surface area contributed by atoms with Crippen LogP contribution in [0.25, 0.3) is 0 Å². The summed E-state index contributed by atoms with van der Waals surface area (Å²) in [7, 11) is 1.34. The Kier molecular flexibility index (Phi) is 6.84. The van der Waals surface area contributed by atoms with Crippen LogP contribution >= 0.6 is 0 Å². The minimum atomic E-state index is -0.545. The van der Waals surface area contributed by atoms with Gasteiger partial charge < -0.3 is 15.4 Å². The lowest BCUT2D eigenvalue weighted by molar-refractivity contribution is -0.146. The predicted molar refractivity (Wildman–Crippen MR) is 73.7 cm³/mol. The van der Waals surface area contributed by atoms with Gasteiger partial charge in [0.05, 0.1) is 7.11 Å². The van der Waals surface area contributed by atoms with E-state index in [9.17, 15) is 9.59 Å². The molecule has 1 rings (SSSR count). The van der Waals surface area contributed by atoms with Crippen LogP contribution in [0.3, 0.4) is 0 Å². The molecule has 1 unspecified atom stereocenters. The van der Waals surface area contributed by atoms with Crippen LogP contribution in [0.4, 0.5) is 0 Å². The predicted octanol–water partition coefficient (Wildman–Crippen LogP) is 1.22. The van der Waals surface area contributed by atoms with Gasteiger partial charge in [0.25, 0.3) is 0 Å². The number of hydrogen-bond acceptors (Lipinski definition) is 4. The third-order valence-corrected chi connectivity index (χ3v) is 3.57. The van der Waals surface area contributed by atoms with Crippen molar-refractivity contribution in [3.63, 3.8) is 0 Å². The Hall–Kier alpha value is -1.10. The quantitative estimate of drug-likeness (QED) is 0.712. The maximum absolute atomic E-state index is 11.9. The van der Waals surface area contributed by atoms with E-state index in [-0.39, 0.29) is 17.8 Å². The third-order valence-electron chi connectivity index (χ3n) is 3.57. The number of amides is 1. The first-order valence-corrected chi connectivity index (χ1v) is 7.15. The van der Waals surface area contributed by atoms with Crippen molar-refractivity contribution < 1.29 is 14.3 Å². The maximum atomic E-state index is 11.9. The zero-order valence-corrected chi connectivity index (χ0v) is 12.2. The molecule has 5 heteroatoms. The number of nitrogens with one attached hydrogen (secondary N) is 2. The van der Waals surface area contributed by atoms with Crippen molar-refractivity contribution in [1.82, 2.24) is 10.6 Å². The molecule has 0 bridgehead atoms. The molecule has 110 valence electrons. The second-order valence-corrected chi connectivity index (χ2v) is 5.50. The molecule has 1 heterocycles. The number of carbonyl (C=O) groups excluding carboxylic acids is 2. The number of carbonyl (C=O) groups is 2. The molecule has 0 spiro atoms. The lowest BCUT2D eigenvalue weighted by atomic mass is 10.00. The second-order valence-electron chi connectivity index (χ2n) is 5.50. The number of methoxy groups -OCH3 is 1. The van der Waals surface area contributed by atoms with Crippen molar-refractivity contribution in [1.29, 1.82) is 0 Å². The van der Waals surface area contributed by atoms with Crippen LogP contribution in [0.5, 0.6) is 0 Å². The highest BCUT2D eigenvalue weighted by Crippen LogP contribution is 2.12. The number of rotatable bonds is 6. The number of piperidine rings is 1. The highest BCUT2D eigenvalue weighted by atomic mass is 16.5.